The van der Waals surface area contributed by atoms with E-state index in [9.17, 15) is 14.0 Å². The summed E-state index contributed by atoms with van der Waals surface area (Å²) < 4.78 is 13.8. The van der Waals surface area contributed by atoms with Crippen LogP contribution in [-0.4, -0.2) is 23.0 Å². The predicted molar refractivity (Wildman–Crippen MR) is 69.7 cm³/mol. The molecule has 0 spiro atoms. The molecule has 1 amide bonds. The van der Waals surface area contributed by atoms with Crippen LogP contribution in [0.4, 0.5) is 4.39 Å². The predicted octanol–water partition coefficient (Wildman–Crippen LogP) is 2.35. The zero-order valence-corrected chi connectivity index (χ0v) is 11.6. The summed E-state index contributed by atoms with van der Waals surface area (Å²) in [6.07, 6.45) is 0. The van der Waals surface area contributed by atoms with Crippen molar-refractivity contribution in [2.24, 2.45) is 0 Å². The Morgan fingerprint density at radius 3 is 2.47 bits per heavy atom. The standard InChI is InChI=1S/C13H15ClFNO3/c1-7(11(17)18)16-12(19)13(2,3)9-5-4-8(14)6-10(9)15/h4-7H,1-3H3,(H,16,19)(H,17,18). The van der Waals surface area contributed by atoms with Crippen molar-refractivity contribution < 1.29 is 19.1 Å². The Labute approximate surface area is 115 Å². The van der Waals surface area contributed by atoms with Crippen molar-refractivity contribution in [3.05, 3.63) is 34.6 Å². The van der Waals surface area contributed by atoms with Gasteiger partial charge in [0.15, 0.2) is 0 Å². The molecule has 4 nitrogen and oxygen atoms in total. The minimum Gasteiger partial charge on any atom is -0.480 e. The molecular formula is C13H15ClFNO3. The molecule has 19 heavy (non-hydrogen) atoms. The molecule has 0 bridgehead atoms. The van der Waals surface area contributed by atoms with Crippen molar-refractivity contribution in [3.63, 3.8) is 0 Å². The summed E-state index contributed by atoms with van der Waals surface area (Å²) in [5.74, 6) is -2.32. The van der Waals surface area contributed by atoms with Gasteiger partial charge < -0.3 is 10.4 Å². The molecule has 6 heteroatoms. The van der Waals surface area contributed by atoms with Gasteiger partial charge in [0.25, 0.3) is 0 Å². The molecule has 1 unspecified atom stereocenters. The maximum absolute atomic E-state index is 13.8. The van der Waals surface area contributed by atoms with Gasteiger partial charge in [-0.05, 0) is 32.9 Å². The molecule has 1 atom stereocenters. The van der Waals surface area contributed by atoms with Gasteiger partial charge >= 0.3 is 5.97 Å². The van der Waals surface area contributed by atoms with Crippen LogP contribution in [0.1, 0.15) is 26.3 Å². The summed E-state index contributed by atoms with van der Waals surface area (Å²) >= 11 is 5.65. The van der Waals surface area contributed by atoms with E-state index in [4.69, 9.17) is 16.7 Å². The fourth-order valence-electron chi connectivity index (χ4n) is 1.56. The SMILES string of the molecule is CC(NC(=O)C(C)(C)c1ccc(Cl)cc1F)C(=O)O. The third kappa shape index (κ3) is 3.44. The van der Waals surface area contributed by atoms with E-state index in [1.165, 1.54) is 32.9 Å². The number of nitrogens with one attached hydrogen (secondary N) is 1. The number of carboxylic acids is 1. The van der Waals surface area contributed by atoms with Crippen molar-refractivity contribution >= 4 is 23.5 Å². The first-order valence-corrected chi connectivity index (χ1v) is 6.03. The number of hydrogen-bond acceptors (Lipinski definition) is 2. The summed E-state index contributed by atoms with van der Waals surface area (Å²) in [6, 6.07) is 2.98. The second kappa shape index (κ2) is 5.57. The Hall–Kier alpha value is -1.62. The third-order valence-corrected chi connectivity index (χ3v) is 3.13. The number of rotatable bonds is 4. The summed E-state index contributed by atoms with van der Waals surface area (Å²) in [6.45, 7) is 4.38. The second-order valence-corrected chi connectivity index (χ2v) is 5.22. The fourth-order valence-corrected chi connectivity index (χ4v) is 1.72. The number of carbonyl (C=O) groups is 2. The lowest BCUT2D eigenvalue weighted by Gasteiger charge is -2.26. The van der Waals surface area contributed by atoms with Gasteiger partial charge in [-0.2, -0.15) is 0 Å². The minimum absolute atomic E-state index is 0.159. The third-order valence-electron chi connectivity index (χ3n) is 2.89. The van der Waals surface area contributed by atoms with Crippen LogP contribution in [-0.2, 0) is 15.0 Å². The van der Waals surface area contributed by atoms with Crippen molar-refractivity contribution in [3.8, 4) is 0 Å². The topological polar surface area (TPSA) is 66.4 Å². The van der Waals surface area contributed by atoms with E-state index >= 15 is 0 Å². The number of carboxylic acid groups (broad SMARTS) is 1. The van der Waals surface area contributed by atoms with Gasteiger partial charge in [-0.1, -0.05) is 17.7 Å². The first-order valence-electron chi connectivity index (χ1n) is 5.65. The molecule has 0 heterocycles. The Kier molecular flexibility index (Phi) is 4.52. The summed E-state index contributed by atoms with van der Waals surface area (Å²) in [5, 5.41) is 11.3. The van der Waals surface area contributed by atoms with Gasteiger partial charge in [0.2, 0.25) is 5.91 Å². The van der Waals surface area contributed by atoms with E-state index in [0.717, 1.165) is 6.07 Å². The lowest BCUT2D eigenvalue weighted by molar-refractivity contribution is -0.142. The summed E-state index contributed by atoms with van der Waals surface area (Å²) in [4.78, 5) is 22.7. The molecule has 0 aliphatic rings. The van der Waals surface area contributed by atoms with Crippen LogP contribution in [0, 0.1) is 5.82 Å². The first-order chi connectivity index (χ1) is 8.66. The highest BCUT2D eigenvalue weighted by atomic mass is 35.5. The molecule has 0 saturated carbocycles. The lowest BCUT2D eigenvalue weighted by Crippen LogP contribution is -2.47. The van der Waals surface area contributed by atoms with Gasteiger partial charge in [-0.3, -0.25) is 9.59 Å². The smallest absolute Gasteiger partial charge is 0.325 e. The molecule has 1 aromatic carbocycles. The highest BCUT2D eigenvalue weighted by molar-refractivity contribution is 6.30. The largest absolute Gasteiger partial charge is 0.480 e. The molecule has 0 fully saturated rings. The second-order valence-electron chi connectivity index (χ2n) is 4.78. The molecule has 2 N–H and O–H groups in total. The normalized spacial score (nSPS) is 12.9. The van der Waals surface area contributed by atoms with Gasteiger partial charge in [-0.15, -0.1) is 0 Å². The van der Waals surface area contributed by atoms with Gasteiger partial charge in [0, 0.05) is 10.6 Å². The Morgan fingerprint density at radius 1 is 1.42 bits per heavy atom. The maximum atomic E-state index is 13.8. The van der Waals surface area contributed by atoms with Crippen LogP contribution in [0.5, 0.6) is 0 Å². The van der Waals surface area contributed by atoms with Crippen LogP contribution in [0.3, 0.4) is 0 Å². The quantitative estimate of drug-likeness (QED) is 0.893. The minimum atomic E-state index is -1.20. The maximum Gasteiger partial charge on any atom is 0.325 e. The van der Waals surface area contributed by atoms with Crippen LogP contribution in [0.2, 0.25) is 5.02 Å². The van der Waals surface area contributed by atoms with E-state index < -0.39 is 29.2 Å². The van der Waals surface area contributed by atoms with E-state index in [-0.39, 0.29) is 10.6 Å². The van der Waals surface area contributed by atoms with E-state index in [2.05, 4.69) is 5.32 Å². The van der Waals surface area contributed by atoms with E-state index in [1.807, 2.05) is 0 Å². The number of carbonyl (C=O) groups excluding carboxylic acids is 1. The number of hydrogen-bond donors (Lipinski definition) is 2. The zero-order chi connectivity index (χ0) is 14.8. The van der Waals surface area contributed by atoms with Crippen molar-refractivity contribution in [1.29, 1.82) is 0 Å². The zero-order valence-electron chi connectivity index (χ0n) is 10.8. The monoisotopic (exact) mass is 287 g/mol. The highest BCUT2D eigenvalue weighted by Gasteiger charge is 2.34. The highest BCUT2D eigenvalue weighted by Crippen LogP contribution is 2.28. The van der Waals surface area contributed by atoms with Gasteiger partial charge in [0.1, 0.15) is 11.9 Å². The molecule has 1 aromatic rings. The van der Waals surface area contributed by atoms with E-state index in [0.29, 0.717) is 0 Å². The molecule has 0 aromatic heterocycles. The average molecular weight is 288 g/mol. The van der Waals surface area contributed by atoms with Crippen molar-refractivity contribution in [1.82, 2.24) is 5.32 Å². The lowest BCUT2D eigenvalue weighted by atomic mass is 9.83. The van der Waals surface area contributed by atoms with Crippen LogP contribution in [0.15, 0.2) is 18.2 Å². The molecule has 0 aliphatic carbocycles. The van der Waals surface area contributed by atoms with Gasteiger partial charge in [0.05, 0.1) is 5.41 Å². The summed E-state index contributed by atoms with van der Waals surface area (Å²) in [5.41, 5.74) is -1.04. The molecular weight excluding hydrogens is 273 g/mol. The number of benzene rings is 1. The van der Waals surface area contributed by atoms with Crippen LogP contribution in [0.25, 0.3) is 0 Å². The Bertz CT molecular complexity index is 517. The molecule has 1 rings (SSSR count). The molecule has 0 saturated heterocycles. The number of amides is 1. The number of halogens is 2. The average Bonchev–Trinajstić information content (AvgIpc) is 2.27. The molecule has 0 aliphatic heterocycles. The Morgan fingerprint density at radius 2 is 2.00 bits per heavy atom. The van der Waals surface area contributed by atoms with Crippen molar-refractivity contribution in [2.75, 3.05) is 0 Å². The first kappa shape index (κ1) is 15.4. The Balaban J connectivity index is 3.02. The van der Waals surface area contributed by atoms with E-state index in [1.54, 1.807) is 0 Å². The van der Waals surface area contributed by atoms with Crippen molar-refractivity contribution in [2.45, 2.75) is 32.2 Å². The van der Waals surface area contributed by atoms with Crippen LogP contribution < -0.4 is 5.32 Å². The molecule has 104 valence electrons. The fraction of sp³-hybridized carbons (Fsp3) is 0.385. The summed E-state index contributed by atoms with van der Waals surface area (Å²) in [7, 11) is 0. The van der Waals surface area contributed by atoms with Crippen LogP contribution >= 0.6 is 11.6 Å². The molecule has 0 radical (unpaired) electrons. The van der Waals surface area contributed by atoms with Gasteiger partial charge in [-0.25, -0.2) is 4.39 Å². The number of aliphatic carboxylic acids is 1.